The number of aromatic amines is 1. The van der Waals surface area contributed by atoms with Crippen LogP contribution in [0, 0.1) is 25.2 Å². The lowest BCUT2D eigenvalue weighted by Gasteiger charge is -2.03. The molecule has 162 valence electrons. The van der Waals surface area contributed by atoms with Crippen LogP contribution in [0.4, 0.5) is 0 Å². The van der Waals surface area contributed by atoms with Crippen LogP contribution < -0.4 is 16.3 Å². The fourth-order valence-corrected chi connectivity index (χ4v) is 4.26. The molecule has 0 aliphatic rings. The maximum absolute atomic E-state index is 13.5. The Labute approximate surface area is 196 Å². The van der Waals surface area contributed by atoms with Crippen LogP contribution >= 0.6 is 23.2 Å². The lowest BCUT2D eigenvalue weighted by molar-refractivity contribution is 0.835. The summed E-state index contributed by atoms with van der Waals surface area (Å²) in [5.74, 6) is 0. The molecule has 33 heavy (non-hydrogen) atoms. The van der Waals surface area contributed by atoms with E-state index in [4.69, 9.17) is 23.2 Å². The van der Waals surface area contributed by atoms with E-state index in [1.165, 1.54) is 15.2 Å². The van der Waals surface area contributed by atoms with Crippen molar-refractivity contribution < 1.29 is 0 Å². The van der Waals surface area contributed by atoms with E-state index in [2.05, 4.69) is 16.2 Å². The monoisotopic (exact) mass is 475 g/mol. The number of nitriles is 1. The van der Waals surface area contributed by atoms with Gasteiger partial charge in [-0.05, 0) is 55.8 Å². The maximum atomic E-state index is 13.5. The van der Waals surface area contributed by atoms with Gasteiger partial charge in [0.2, 0.25) is 0 Å². The average molecular weight is 476 g/mol. The van der Waals surface area contributed by atoms with Gasteiger partial charge in [-0.3, -0.25) is 19.1 Å². The molecule has 3 aromatic heterocycles. The number of halogens is 2. The number of aryl methyl sites for hydroxylation is 1. The predicted octanol–water partition coefficient (Wildman–Crippen LogP) is 3.67. The Bertz CT molecular complexity index is 1820. The Kier molecular flexibility index (Phi) is 4.85. The van der Waals surface area contributed by atoms with Gasteiger partial charge < -0.3 is 0 Å². The van der Waals surface area contributed by atoms with Gasteiger partial charge in [0, 0.05) is 10.9 Å². The van der Waals surface area contributed by atoms with E-state index in [0.29, 0.717) is 49.2 Å². The molecule has 0 spiro atoms. The fourth-order valence-electron chi connectivity index (χ4n) is 3.97. The number of nitrogens with zero attached hydrogens (tertiary/aromatic N) is 4. The van der Waals surface area contributed by atoms with Crippen LogP contribution in [0.15, 0.2) is 52.1 Å². The highest BCUT2D eigenvalue weighted by Gasteiger charge is 2.18. The molecule has 5 aromatic rings. The van der Waals surface area contributed by atoms with E-state index >= 15 is 0 Å². The topological polar surface area (TPSA) is 95.9 Å². The molecule has 0 bridgehead atoms. The van der Waals surface area contributed by atoms with Crippen LogP contribution in [0.2, 0.25) is 10.0 Å². The number of fused-ring (bicyclic) bond motifs is 3. The number of aromatic nitrogens is 4. The second kappa shape index (κ2) is 7.62. The Morgan fingerprint density at radius 2 is 1.82 bits per heavy atom. The summed E-state index contributed by atoms with van der Waals surface area (Å²) in [4.78, 5) is 31.2. The molecule has 0 unspecified atom stereocenters. The second-order valence-corrected chi connectivity index (χ2v) is 8.44. The van der Waals surface area contributed by atoms with Crippen molar-refractivity contribution in [2.24, 2.45) is 0 Å². The van der Waals surface area contributed by atoms with E-state index < -0.39 is 0 Å². The van der Waals surface area contributed by atoms with Gasteiger partial charge in [-0.1, -0.05) is 35.3 Å². The Morgan fingerprint density at radius 3 is 2.55 bits per heavy atom. The summed E-state index contributed by atoms with van der Waals surface area (Å²) in [6.45, 7) is 3.42. The van der Waals surface area contributed by atoms with Crippen molar-refractivity contribution in [1.29, 1.82) is 5.26 Å². The molecule has 5 rings (SSSR count). The van der Waals surface area contributed by atoms with Crippen LogP contribution in [0.3, 0.4) is 0 Å². The number of hydrogen-bond acceptors (Lipinski definition) is 4. The zero-order valence-electron chi connectivity index (χ0n) is 17.5. The molecule has 0 fully saturated rings. The number of hydrogen-bond donors (Lipinski definition) is 1. The largest absolute Gasteiger partial charge is 0.295 e. The molecule has 3 heterocycles. The maximum Gasteiger partial charge on any atom is 0.278 e. The highest BCUT2D eigenvalue weighted by molar-refractivity contribution is 6.42. The summed E-state index contributed by atoms with van der Waals surface area (Å²) in [5, 5.41) is 13.8. The molecular weight excluding hydrogens is 461 g/mol. The van der Waals surface area contributed by atoms with Crippen LogP contribution in [0.1, 0.15) is 22.4 Å². The SMILES string of the molecule is Cc1[nH]n(-c2ccc(Cl)c(Cl)c2)c(=O)c1/C=c1\c(C)c(C#N)c2nc3ccccc3n2c1=O. The van der Waals surface area contributed by atoms with Crippen LogP contribution in [-0.4, -0.2) is 19.2 Å². The van der Waals surface area contributed by atoms with E-state index in [9.17, 15) is 14.9 Å². The number of nitrogens with one attached hydrogen (secondary N) is 1. The fraction of sp³-hybridized carbons (Fsp3) is 0.0833. The van der Waals surface area contributed by atoms with Crippen molar-refractivity contribution in [3.05, 3.63) is 101 Å². The number of H-pyrrole nitrogens is 1. The highest BCUT2D eigenvalue weighted by atomic mass is 35.5. The molecule has 0 atom stereocenters. The molecule has 7 nitrogen and oxygen atoms in total. The smallest absolute Gasteiger partial charge is 0.278 e. The van der Waals surface area contributed by atoms with Crippen molar-refractivity contribution in [3.8, 4) is 11.8 Å². The molecule has 0 aliphatic carbocycles. The summed E-state index contributed by atoms with van der Waals surface area (Å²) in [7, 11) is 0. The number of rotatable bonds is 2. The molecule has 2 aromatic carbocycles. The Morgan fingerprint density at radius 1 is 1.06 bits per heavy atom. The zero-order chi connectivity index (χ0) is 23.4. The summed E-state index contributed by atoms with van der Waals surface area (Å²) in [5.41, 5.74) is 2.91. The lowest BCUT2D eigenvalue weighted by Crippen LogP contribution is -2.34. The van der Waals surface area contributed by atoms with Crippen molar-refractivity contribution in [2.45, 2.75) is 13.8 Å². The predicted molar refractivity (Wildman–Crippen MR) is 128 cm³/mol. The van der Waals surface area contributed by atoms with E-state index in [-0.39, 0.29) is 21.9 Å². The average Bonchev–Trinajstić information content (AvgIpc) is 3.31. The van der Waals surface area contributed by atoms with Gasteiger partial charge in [-0.2, -0.15) is 5.26 Å². The Balaban J connectivity index is 1.84. The van der Waals surface area contributed by atoms with Crippen molar-refractivity contribution >= 4 is 46.0 Å². The van der Waals surface area contributed by atoms with Gasteiger partial charge in [0.25, 0.3) is 11.1 Å². The van der Waals surface area contributed by atoms with Crippen molar-refractivity contribution in [2.75, 3.05) is 0 Å². The third-order valence-electron chi connectivity index (χ3n) is 5.68. The minimum atomic E-state index is -0.362. The van der Waals surface area contributed by atoms with E-state index in [1.807, 2.05) is 6.07 Å². The highest BCUT2D eigenvalue weighted by Crippen LogP contribution is 2.24. The zero-order valence-corrected chi connectivity index (χ0v) is 19.0. The van der Waals surface area contributed by atoms with Gasteiger partial charge in [0.1, 0.15) is 6.07 Å². The number of imidazole rings is 1. The summed E-state index contributed by atoms with van der Waals surface area (Å²) in [6.07, 6.45) is 1.52. The molecule has 0 aliphatic heterocycles. The van der Waals surface area contributed by atoms with E-state index in [0.717, 1.165) is 0 Å². The second-order valence-electron chi connectivity index (χ2n) is 7.62. The lowest BCUT2D eigenvalue weighted by atomic mass is 10.1. The van der Waals surface area contributed by atoms with Crippen molar-refractivity contribution in [3.63, 3.8) is 0 Å². The summed E-state index contributed by atoms with van der Waals surface area (Å²) in [6, 6.07) is 14.2. The molecular formula is C24H15Cl2N5O2. The Hall–Kier alpha value is -3.86. The molecule has 0 saturated heterocycles. The number of para-hydroxylation sites is 2. The minimum absolute atomic E-state index is 0.252. The van der Waals surface area contributed by atoms with Gasteiger partial charge in [0.05, 0.1) is 37.9 Å². The first-order valence-corrected chi connectivity index (χ1v) is 10.7. The first-order chi connectivity index (χ1) is 15.8. The normalized spacial score (nSPS) is 12.0. The summed E-state index contributed by atoms with van der Waals surface area (Å²) < 4.78 is 2.76. The molecule has 0 amide bonds. The van der Waals surface area contributed by atoms with E-state index in [1.54, 1.807) is 50.2 Å². The van der Waals surface area contributed by atoms with Crippen LogP contribution in [-0.2, 0) is 0 Å². The minimum Gasteiger partial charge on any atom is -0.295 e. The first-order valence-electron chi connectivity index (χ1n) is 9.94. The van der Waals surface area contributed by atoms with Crippen LogP contribution in [0.25, 0.3) is 28.4 Å². The molecule has 0 saturated carbocycles. The third kappa shape index (κ3) is 3.15. The first kappa shape index (κ1) is 21.0. The number of benzene rings is 2. The molecule has 9 heteroatoms. The standard InChI is InChI=1S/C24H15Cl2N5O2/c1-12-15(23(32)30-21-6-4-3-5-20(21)28-22(30)17(12)11-27)10-16-13(2)29-31(24(16)33)14-7-8-18(25)19(26)9-14/h3-10,29H,1-2H3/b15-10+. The quantitative estimate of drug-likeness (QED) is 0.421. The molecule has 0 radical (unpaired) electrons. The van der Waals surface area contributed by atoms with Gasteiger partial charge in [-0.25, -0.2) is 9.67 Å². The number of pyridine rings is 1. The van der Waals surface area contributed by atoms with Gasteiger partial charge >= 0.3 is 0 Å². The van der Waals surface area contributed by atoms with Crippen molar-refractivity contribution in [1.82, 2.24) is 19.2 Å². The van der Waals surface area contributed by atoms with Gasteiger partial charge in [0.15, 0.2) is 5.65 Å². The molecule has 1 N–H and O–H groups in total. The van der Waals surface area contributed by atoms with Gasteiger partial charge in [-0.15, -0.1) is 0 Å². The third-order valence-corrected chi connectivity index (χ3v) is 6.41. The summed E-state index contributed by atoms with van der Waals surface area (Å²) >= 11 is 12.1. The van der Waals surface area contributed by atoms with Crippen LogP contribution in [0.5, 0.6) is 0 Å².